The maximum absolute atomic E-state index is 4.27. The van der Waals surface area contributed by atoms with Crippen molar-refractivity contribution in [1.29, 1.82) is 0 Å². The zero-order valence-electron chi connectivity index (χ0n) is 8.91. The van der Waals surface area contributed by atoms with Gasteiger partial charge in [0.15, 0.2) is 0 Å². The summed E-state index contributed by atoms with van der Waals surface area (Å²) in [7, 11) is 0. The fourth-order valence-corrected chi connectivity index (χ4v) is 2.15. The van der Waals surface area contributed by atoms with Crippen LogP contribution in [0.4, 0.5) is 0 Å². The van der Waals surface area contributed by atoms with Crippen LogP contribution < -0.4 is 5.32 Å². The molecule has 1 aromatic heterocycles. The predicted octanol–water partition coefficient (Wildman–Crippen LogP) is 1.81. The van der Waals surface area contributed by atoms with Crippen molar-refractivity contribution in [2.45, 2.75) is 13.0 Å². The Morgan fingerprint density at radius 2 is 2.13 bits per heavy atom. The molecule has 15 heavy (non-hydrogen) atoms. The Kier molecular flexibility index (Phi) is 3.72. The van der Waals surface area contributed by atoms with Crippen LogP contribution in [0, 0.1) is 0 Å². The van der Waals surface area contributed by atoms with Crippen molar-refractivity contribution < 1.29 is 0 Å². The van der Waals surface area contributed by atoms with Gasteiger partial charge in [-0.3, -0.25) is 4.90 Å². The van der Waals surface area contributed by atoms with Gasteiger partial charge in [-0.25, -0.2) is 4.98 Å². The van der Waals surface area contributed by atoms with Gasteiger partial charge in [-0.2, -0.15) is 0 Å². The standard InChI is InChI=1S/C11H16BrN3/c1-9(15-6-4-13-5-7-15)10-2-3-11(12)14-8-10/h2-3,8-9,13H,4-7H2,1H3/t9-/m1/s1. The minimum Gasteiger partial charge on any atom is -0.314 e. The van der Waals surface area contributed by atoms with Crippen molar-refractivity contribution in [1.82, 2.24) is 15.2 Å². The van der Waals surface area contributed by atoms with Crippen molar-refractivity contribution in [2.24, 2.45) is 0 Å². The summed E-state index contributed by atoms with van der Waals surface area (Å²) in [4.78, 5) is 6.76. The van der Waals surface area contributed by atoms with E-state index in [1.165, 1.54) is 5.56 Å². The van der Waals surface area contributed by atoms with Gasteiger partial charge in [0.05, 0.1) is 0 Å². The van der Waals surface area contributed by atoms with Gasteiger partial charge in [0.2, 0.25) is 0 Å². The molecule has 1 aliphatic rings. The minimum absolute atomic E-state index is 0.465. The maximum atomic E-state index is 4.27. The SMILES string of the molecule is C[C@H](c1ccc(Br)nc1)N1CCNCC1. The largest absolute Gasteiger partial charge is 0.314 e. The molecular formula is C11H16BrN3. The molecule has 4 heteroatoms. The number of nitrogens with one attached hydrogen (secondary N) is 1. The highest BCUT2D eigenvalue weighted by Gasteiger charge is 2.17. The molecule has 0 spiro atoms. The molecule has 1 aromatic rings. The van der Waals surface area contributed by atoms with Crippen LogP contribution in [0.1, 0.15) is 18.5 Å². The number of hydrogen-bond donors (Lipinski definition) is 1. The van der Waals surface area contributed by atoms with Crippen LogP contribution in [0.3, 0.4) is 0 Å². The van der Waals surface area contributed by atoms with Crippen LogP contribution >= 0.6 is 15.9 Å². The van der Waals surface area contributed by atoms with Gasteiger partial charge in [-0.15, -0.1) is 0 Å². The second-order valence-corrected chi connectivity index (χ2v) is 4.69. The maximum Gasteiger partial charge on any atom is 0.106 e. The number of rotatable bonds is 2. The van der Waals surface area contributed by atoms with E-state index >= 15 is 0 Å². The third kappa shape index (κ3) is 2.77. The average Bonchev–Trinajstić information content (AvgIpc) is 2.30. The van der Waals surface area contributed by atoms with E-state index in [1.807, 2.05) is 12.3 Å². The highest BCUT2D eigenvalue weighted by molar-refractivity contribution is 9.10. The van der Waals surface area contributed by atoms with Crippen LogP contribution in [0.2, 0.25) is 0 Å². The van der Waals surface area contributed by atoms with Gasteiger partial charge in [0, 0.05) is 38.4 Å². The zero-order chi connectivity index (χ0) is 10.7. The normalized spacial score (nSPS) is 20.1. The van der Waals surface area contributed by atoms with Crippen molar-refractivity contribution in [3.05, 3.63) is 28.5 Å². The molecule has 0 unspecified atom stereocenters. The lowest BCUT2D eigenvalue weighted by Crippen LogP contribution is -2.44. The molecule has 0 bridgehead atoms. The van der Waals surface area contributed by atoms with Crippen molar-refractivity contribution >= 4 is 15.9 Å². The highest BCUT2D eigenvalue weighted by atomic mass is 79.9. The molecule has 82 valence electrons. The first-order valence-corrected chi connectivity index (χ1v) is 6.13. The monoisotopic (exact) mass is 269 g/mol. The van der Waals surface area contributed by atoms with E-state index in [4.69, 9.17) is 0 Å². The van der Waals surface area contributed by atoms with Crippen LogP contribution in [0.25, 0.3) is 0 Å². The molecule has 1 atom stereocenters. The highest BCUT2D eigenvalue weighted by Crippen LogP contribution is 2.20. The molecule has 3 nitrogen and oxygen atoms in total. The Labute approximate surface area is 99.0 Å². The number of pyridine rings is 1. The number of hydrogen-bond acceptors (Lipinski definition) is 3. The molecule has 1 fully saturated rings. The molecule has 0 aromatic carbocycles. The lowest BCUT2D eigenvalue weighted by molar-refractivity contribution is 0.185. The topological polar surface area (TPSA) is 28.2 Å². The summed E-state index contributed by atoms with van der Waals surface area (Å²) in [6, 6.07) is 4.62. The lowest BCUT2D eigenvalue weighted by atomic mass is 10.1. The fraction of sp³-hybridized carbons (Fsp3) is 0.545. The van der Waals surface area contributed by atoms with Gasteiger partial charge in [-0.1, -0.05) is 6.07 Å². The molecule has 0 amide bonds. The Morgan fingerprint density at radius 3 is 2.73 bits per heavy atom. The van der Waals surface area contributed by atoms with Crippen LogP contribution in [0.5, 0.6) is 0 Å². The van der Waals surface area contributed by atoms with E-state index in [9.17, 15) is 0 Å². The molecule has 0 saturated carbocycles. The quantitative estimate of drug-likeness (QED) is 0.831. The number of piperazine rings is 1. The third-order valence-electron chi connectivity index (χ3n) is 2.93. The molecule has 0 radical (unpaired) electrons. The number of halogens is 1. The summed E-state index contributed by atoms with van der Waals surface area (Å²) < 4.78 is 0.902. The summed E-state index contributed by atoms with van der Waals surface area (Å²) in [6.07, 6.45) is 1.96. The predicted molar refractivity (Wildman–Crippen MR) is 64.8 cm³/mol. The van der Waals surface area contributed by atoms with Gasteiger partial charge in [-0.05, 0) is 34.5 Å². The lowest BCUT2D eigenvalue weighted by Gasteiger charge is -2.32. The first-order valence-electron chi connectivity index (χ1n) is 5.33. The van der Waals surface area contributed by atoms with Crippen LogP contribution in [0.15, 0.2) is 22.9 Å². The summed E-state index contributed by atoms with van der Waals surface area (Å²) >= 11 is 3.36. The zero-order valence-corrected chi connectivity index (χ0v) is 10.5. The summed E-state index contributed by atoms with van der Waals surface area (Å²) in [5.74, 6) is 0. The van der Waals surface area contributed by atoms with Crippen molar-refractivity contribution in [2.75, 3.05) is 26.2 Å². The first-order chi connectivity index (χ1) is 7.27. The van der Waals surface area contributed by atoms with E-state index < -0.39 is 0 Å². The van der Waals surface area contributed by atoms with E-state index in [-0.39, 0.29) is 0 Å². The van der Waals surface area contributed by atoms with E-state index in [0.717, 1.165) is 30.8 Å². The van der Waals surface area contributed by atoms with Gasteiger partial charge in [0.25, 0.3) is 0 Å². The molecule has 1 N–H and O–H groups in total. The Hall–Kier alpha value is -0.450. The molecule has 2 rings (SSSR count). The molecule has 0 aliphatic carbocycles. The number of nitrogens with zero attached hydrogens (tertiary/aromatic N) is 2. The third-order valence-corrected chi connectivity index (χ3v) is 3.40. The minimum atomic E-state index is 0.465. The van der Waals surface area contributed by atoms with E-state index in [0.29, 0.717) is 6.04 Å². The van der Waals surface area contributed by atoms with E-state index in [2.05, 4.69) is 44.1 Å². The van der Waals surface area contributed by atoms with Crippen molar-refractivity contribution in [3.63, 3.8) is 0 Å². The van der Waals surface area contributed by atoms with Gasteiger partial charge < -0.3 is 5.32 Å². The summed E-state index contributed by atoms with van der Waals surface area (Å²) in [5.41, 5.74) is 1.29. The van der Waals surface area contributed by atoms with Crippen LogP contribution in [-0.2, 0) is 0 Å². The first kappa shape index (κ1) is 11.0. The molecular weight excluding hydrogens is 254 g/mol. The van der Waals surface area contributed by atoms with E-state index in [1.54, 1.807) is 0 Å². The second kappa shape index (κ2) is 5.05. The van der Waals surface area contributed by atoms with Gasteiger partial charge in [0.1, 0.15) is 4.60 Å². The fourth-order valence-electron chi connectivity index (χ4n) is 1.91. The van der Waals surface area contributed by atoms with Gasteiger partial charge >= 0.3 is 0 Å². The van der Waals surface area contributed by atoms with Crippen LogP contribution in [-0.4, -0.2) is 36.1 Å². The van der Waals surface area contributed by atoms with Crippen molar-refractivity contribution in [3.8, 4) is 0 Å². The molecule has 1 saturated heterocycles. The molecule has 1 aliphatic heterocycles. The number of aromatic nitrogens is 1. The Bertz CT molecular complexity index is 306. The smallest absolute Gasteiger partial charge is 0.106 e. The average molecular weight is 270 g/mol. The molecule has 2 heterocycles. The Morgan fingerprint density at radius 1 is 1.40 bits per heavy atom. The summed E-state index contributed by atoms with van der Waals surface area (Å²) in [6.45, 7) is 6.67. The second-order valence-electron chi connectivity index (χ2n) is 3.88. The Balaban J connectivity index is 2.05. The summed E-state index contributed by atoms with van der Waals surface area (Å²) in [5, 5.41) is 3.37.